The number of hydrogen-bond donors (Lipinski definition) is 0. The maximum Gasteiger partial charge on any atom is 0.230 e. The Morgan fingerprint density at radius 1 is 1.10 bits per heavy atom. The third kappa shape index (κ3) is 3.59. The zero-order valence-corrected chi connectivity index (χ0v) is 18.5. The summed E-state index contributed by atoms with van der Waals surface area (Å²) in [7, 11) is 0. The molecule has 1 heterocycles. The second-order valence-corrected chi connectivity index (χ2v) is 9.33. The van der Waals surface area contributed by atoms with Crippen LogP contribution in [-0.4, -0.2) is 22.6 Å². The largest absolute Gasteiger partial charge is 0.328 e. The lowest BCUT2D eigenvalue weighted by atomic mass is 9.57. The van der Waals surface area contributed by atoms with Crippen LogP contribution in [0.25, 0.3) is 0 Å². The van der Waals surface area contributed by atoms with E-state index in [0.29, 0.717) is 29.3 Å². The van der Waals surface area contributed by atoms with Gasteiger partial charge in [-0.15, -0.1) is 6.58 Å². The molecule has 1 aliphatic heterocycles. The molecular formula is C25H25Cl2NO2. The van der Waals surface area contributed by atoms with Gasteiger partial charge in [0.05, 0.1) is 17.5 Å². The van der Waals surface area contributed by atoms with E-state index in [0.717, 1.165) is 17.5 Å². The number of piperidine rings is 1. The highest BCUT2D eigenvalue weighted by Gasteiger charge is 2.58. The number of amides is 1. The zero-order valence-electron chi connectivity index (χ0n) is 17.0. The van der Waals surface area contributed by atoms with E-state index in [9.17, 15) is 9.59 Å². The fourth-order valence-electron chi connectivity index (χ4n) is 5.14. The topological polar surface area (TPSA) is 37.4 Å². The first kappa shape index (κ1) is 21.1. The predicted molar refractivity (Wildman–Crippen MR) is 121 cm³/mol. The zero-order chi connectivity index (χ0) is 21.5. The Morgan fingerprint density at radius 3 is 2.37 bits per heavy atom. The van der Waals surface area contributed by atoms with Crippen LogP contribution in [0.4, 0.5) is 0 Å². The van der Waals surface area contributed by atoms with Gasteiger partial charge in [0.15, 0.2) is 0 Å². The van der Waals surface area contributed by atoms with E-state index in [4.69, 9.17) is 23.2 Å². The Labute approximate surface area is 187 Å². The molecule has 3 atom stereocenters. The van der Waals surface area contributed by atoms with Gasteiger partial charge >= 0.3 is 0 Å². The fraction of sp³-hybridized carbons (Fsp3) is 0.360. The van der Waals surface area contributed by atoms with Crippen molar-refractivity contribution in [3.8, 4) is 0 Å². The van der Waals surface area contributed by atoms with Crippen molar-refractivity contribution < 1.29 is 9.59 Å². The molecule has 0 bridgehead atoms. The van der Waals surface area contributed by atoms with Crippen molar-refractivity contribution in [2.24, 2.45) is 5.41 Å². The minimum Gasteiger partial charge on any atom is -0.328 e. The molecule has 4 rings (SSSR count). The minimum atomic E-state index is -0.622. The monoisotopic (exact) mass is 441 g/mol. The van der Waals surface area contributed by atoms with Crippen LogP contribution in [0.3, 0.4) is 0 Å². The second-order valence-electron chi connectivity index (χ2n) is 8.46. The number of Topliss-reactive ketones (excluding diaryl/α,β-unsaturated/α-hetero) is 1. The fourth-order valence-corrected chi connectivity index (χ4v) is 5.46. The van der Waals surface area contributed by atoms with Gasteiger partial charge in [-0.3, -0.25) is 9.59 Å². The summed E-state index contributed by atoms with van der Waals surface area (Å²) in [5.41, 5.74) is 1.49. The lowest BCUT2D eigenvalue weighted by Gasteiger charge is -2.55. The molecule has 2 fully saturated rings. The molecule has 2 aliphatic rings. The molecule has 0 N–H and O–H groups in total. The van der Waals surface area contributed by atoms with Gasteiger partial charge in [-0.25, -0.2) is 0 Å². The van der Waals surface area contributed by atoms with Crippen molar-refractivity contribution in [3.05, 3.63) is 82.4 Å². The second kappa shape index (κ2) is 8.20. The van der Waals surface area contributed by atoms with Crippen molar-refractivity contribution in [1.29, 1.82) is 0 Å². The van der Waals surface area contributed by atoms with Crippen molar-refractivity contribution in [2.75, 3.05) is 0 Å². The van der Waals surface area contributed by atoms with E-state index in [1.54, 1.807) is 0 Å². The van der Waals surface area contributed by atoms with Gasteiger partial charge in [0.1, 0.15) is 5.78 Å². The number of benzene rings is 2. The molecule has 2 aromatic carbocycles. The number of halogens is 2. The Kier molecular flexibility index (Phi) is 5.78. The van der Waals surface area contributed by atoms with E-state index in [1.807, 2.05) is 53.4 Å². The Bertz CT molecular complexity index is 977. The molecule has 5 heteroatoms. The van der Waals surface area contributed by atoms with Gasteiger partial charge in [-0.2, -0.15) is 0 Å². The van der Waals surface area contributed by atoms with Crippen LogP contribution in [0.2, 0.25) is 10.0 Å². The first-order valence-corrected chi connectivity index (χ1v) is 11.1. The molecule has 1 saturated heterocycles. The summed E-state index contributed by atoms with van der Waals surface area (Å²) in [6, 6.07) is 15.3. The van der Waals surface area contributed by atoms with Crippen LogP contribution in [0, 0.1) is 5.41 Å². The average Bonchev–Trinajstić information content (AvgIpc) is 2.71. The standard InChI is InChI=1S/C25H25Cl2NO2/c1-3-20(4-2)28-23(16-8-10-18(26)11-9-16)22(17-6-5-7-19(27)12-17)15-25(24(28)30)13-21(29)14-25/h3,5-12,20,22-23H,1,4,13-15H2,2H3/t20-,22-,23-/m1/s1. The molecule has 0 unspecified atom stereocenters. The lowest BCUT2D eigenvalue weighted by molar-refractivity contribution is -0.166. The van der Waals surface area contributed by atoms with Crippen molar-refractivity contribution in [1.82, 2.24) is 4.90 Å². The average molecular weight is 442 g/mol. The summed E-state index contributed by atoms with van der Waals surface area (Å²) in [5.74, 6) is 0.237. The van der Waals surface area contributed by atoms with Crippen molar-refractivity contribution >= 4 is 34.9 Å². The summed E-state index contributed by atoms with van der Waals surface area (Å²) in [6.45, 7) is 6.05. The normalized spacial score (nSPS) is 23.9. The van der Waals surface area contributed by atoms with Crippen LogP contribution < -0.4 is 0 Å². The van der Waals surface area contributed by atoms with E-state index in [-0.39, 0.29) is 29.7 Å². The molecule has 30 heavy (non-hydrogen) atoms. The number of hydrogen-bond acceptors (Lipinski definition) is 2. The van der Waals surface area contributed by atoms with Gasteiger partial charge in [0.25, 0.3) is 0 Å². The smallest absolute Gasteiger partial charge is 0.230 e. The number of nitrogens with zero attached hydrogens (tertiary/aromatic N) is 1. The van der Waals surface area contributed by atoms with Crippen molar-refractivity contribution in [2.45, 2.75) is 50.6 Å². The third-order valence-corrected chi connectivity index (χ3v) is 7.07. The SMILES string of the molecule is C=C[C@H](CC)N1C(=O)C2(CC(=O)C2)C[C@H](c2cccc(Cl)c2)[C@H]1c1ccc(Cl)cc1. The van der Waals surface area contributed by atoms with E-state index in [2.05, 4.69) is 19.6 Å². The lowest BCUT2D eigenvalue weighted by Crippen LogP contribution is -2.60. The first-order chi connectivity index (χ1) is 14.4. The molecular weight excluding hydrogens is 417 g/mol. The van der Waals surface area contributed by atoms with E-state index in [1.165, 1.54) is 0 Å². The van der Waals surface area contributed by atoms with Gasteiger partial charge in [0.2, 0.25) is 5.91 Å². The summed E-state index contributed by atoms with van der Waals surface area (Å²) in [4.78, 5) is 27.8. The minimum absolute atomic E-state index is 0.0182. The molecule has 3 nitrogen and oxygen atoms in total. The van der Waals surface area contributed by atoms with Crippen LogP contribution >= 0.6 is 23.2 Å². The Hall–Kier alpha value is -2.10. The van der Waals surface area contributed by atoms with Crippen molar-refractivity contribution in [3.63, 3.8) is 0 Å². The van der Waals surface area contributed by atoms with Gasteiger partial charge in [-0.1, -0.05) is 60.5 Å². The third-order valence-electron chi connectivity index (χ3n) is 6.59. The highest BCUT2D eigenvalue weighted by molar-refractivity contribution is 6.30. The number of ketones is 1. The molecule has 1 spiro atoms. The summed E-state index contributed by atoms with van der Waals surface area (Å²) in [6.07, 6.45) is 3.87. The molecule has 2 aromatic rings. The number of carbonyl (C=O) groups excluding carboxylic acids is 2. The number of likely N-dealkylation sites (tertiary alicyclic amines) is 1. The predicted octanol–water partition coefficient (Wildman–Crippen LogP) is 6.36. The molecule has 1 amide bonds. The first-order valence-electron chi connectivity index (χ1n) is 10.4. The van der Waals surface area contributed by atoms with Gasteiger partial charge in [0, 0.05) is 28.8 Å². The van der Waals surface area contributed by atoms with Crippen LogP contribution in [0.1, 0.15) is 55.7 Å². The van der Waals surface area contributed by atoms with Gasteiger partial charge in [-0.05, 0) is 48.2 Å². The quantitative estimate of drug-likeness (QED) is 0.505. The highest BCUT2D eigenvalue weighted by atomic mass is 35.5. The van der Waals surface area contributed by atoms with Gasteiger partial charge < -0.3 is 4.90 Å². The van der Waals surface area contributed by atoms with Crippen LogP contribution in [-0.2, 0) is 9.59 Å². The summed E-state index contributed by atoms with van der Waals surface area (Å²) >= 11 is 12.5. The summed E-state index contributed by atoms with van der Waals surface area (Å²) in [5, 5.41) is 1.32. The Balaban J connectivity index is 1.89. The molecule has 156 valence electrons. The van der Waals surface area contributed by atoms with Crippen LogP contribution in [0.5, 0.6) is 0 Å². The molecule has 1 saturated carbocycles. The maximum atomic E-state index is 13.8. The highest BCUT2D eigenvalue weighted by Crippen LogP contribution is 2.57. The number of rotatable bonds is 5. The van der Waals surface area contributed by atoms with E-state index >= 15 is 0 Å². The molecule has 0 aromatic heterocycles. The molecule has 1 aliphatic carbocycles. The number of carbonyl (C=O) groups is 2. The molecule has 0 radical (unpaired) electrons. The Morgan fingerprint density at radius 2 is 1.80 bits per heavy atom. The van der Waals surface area contributed by atoms with E-state index < -0.39 is 5.41 Å². The van der Waals surface area contributed by atoms with Crippen LogP contribution in [0.15, 0.2) is 61.2 Å². The maximum absolute atomic E-state index is 13.8. The summed E-state index contributed by atoms with van der Waals surface area (Å²) < 4.78 is 0.